The normalized spacial score (nSPS) is 22.6. The van der Waals surface area contributed by atoms with Crippen molar-refractivity contribution in [1.82, 2.24) is 49.0 Å². The minimum absolute atomic E-state index is 0.376. The van der Waals surface area contributed by atoms with Crippen LogP contribution in [-0.4, -0.2) is 268 Å². The number of hydrogen-bond donors (Lipinski definition) is 2. The van der Waals surface area contributed by atoms with Crippen LogP contribution >= 0.6 is 0 Å². The van der Waals surface area contributed by atoms with E-state index in [1.807, 2.05) is 0 Å². The third-order valence-electron chi connectivity index (χ3n) is 12.0. The molecule has 2 aliphatic rings. The molecule has 2 N–H and O–H groups in total. The van der Waals surface area contributed by atoms with Crippen LogP contribution in [0.5, 0.6) is 0 Å². The second kappa shape index (κ2) is 28.9. The highest BCUT2D eigenvalue weighted by Gasteiger charge is 2.21. The first-order valence-corrected chi connectivity index (χ1v) is 21.8. The summed E-state index contributed by atoms with van der Waals surface area (Å²) in [5.74, 6) is 0. The van der Waals surface area contributed by atoms with Gasteiger partial charge >= 0.3 is 0 Å². The maximum Gasteiger partial charge on any atom is 0.0793 e. The highest BCUT2D eigenvalue weighted by atomic mass is 16.3. The third kappa shape index (κ3) is 19.9. The molecule has 0 aromatic rings. The van der Waals surface area contributed by atoms with E-state index in [2.05, 4.69) is 104 Å². The summed E-state index contributed by atoms with van der Waals surface area (Å²) in [6.07, 6.45) is -0.753. The van der Waals surface area contributed by atoms with Gasteiger partial charge in [0.2, 0.25) is 0 Å². The molecule has 2 atom stereocenters. The zero-order valence-corrected chi connectivity index (χ0v) is 35.7. The lowest BCUT2D eigenvalue weighted by Gasteiger charge is -2.35. The van der Waals surface area contributed by atoms with Crippen molar-refractivity contribution in [2.75, 3.05) is 196 Å². The molecule has 12 nitrogen and oxygen atoms in total. The van der Waals surface area contributed by atoms with E-state index in [1.165, 1.54) is 0 Å². The molecule has 2 saturated heterocycles. The number of rotatable bonds is 19. The Morgan fingerprint density at radius 2 is 0.538 bits per heavy atom. The number of hydrogen-bond acceptors (Lipinski definition) is 12. The lowest BCUT2D eigenvalue weighted by molar-refractivity contribution is 0.0492. The topological polar surface area (TPSA) is 72.9 Å². The molecule has 0 saturated carbocycles. The van der Waals surface area contributed by atoms with Crippen LogP contribution < -0.4 is 0 Å². The van der Waals surface area contributed by atoms with Gasteiger partial charge in [-0.15, -0.1) is 0 Å². The third-order valence-corrected chi connectivity index (χ3v) is 12.0. The fraction of sp³-hybridized carbons (Fsp3) is 1.00. The lowest BCUT2D eigenvalue weighted by Crippen LogP contribution is -2.49. The van der Waals surface area contributed by atoms with Crippen LogP contribution in [-0.2, 0) is 0 Å². The molecule has 310 valence electrons. The Kier molecular flexibility index (Phi) is 26.5. The molecule has 2 rings (SSSR count). The molecule has 0 aromatic carbocycles. The zero-order valence-electron chi connectivity index (χ0n) is 35.7. The van der Waals surface area contributed by atoms with E-state index in [9.17, 15) is 10.2 Å². The van der Waals surface area contributed by atoms with Gasteiger partial charge in [0.25, 0.3) is 0 Å². The first-order valence-electron chi connectivity index (χ1n) is 21.8. The minimum atomic E-state index is -0.376. The van der Waals surface area contributed by atoms with Gasteiger partial charge in [0.1, 0.15) is 0 Å². The second-order valence-corrected chi connectivity index (χ2v) is 15.3. The van der Waals surface area contributed by atoms with Gasteiger partial charge in [-0.05, 0) is 52.4 Å². The van der Waals surface area contributed by atoms with Gasteiger partial charge in [-0.25, -0.2) is 0 Å². The monoisotopic (exact) mass is 741 g/mol. The Bertz CT molecular complexity index is 740. The maximum absolute atomic E-state index is 11.4. The minimum Gasteiger partial charge on any atom is -0.390 e. The molecule has 0 radical (unpaired) electrons. The van der Waals surface area contributed by atoms with Gasteiger partial charge < -0.3 is 39.6 Å². The Morgan fingerprint density at radius 1 is 0.346 bits per heavy atom. The Labute approximate surface area is 322 Å². The van der Waals surface area contributed by atoms with Crippen LogP contribution in [0.25, 0.3) is 0 Å². The molecule has 2 fully saturated rings. The van der Waals surface area contributed by atoms with Crippen LogP contribution in [0.1, 0.15) is 55.4 Å². The van der Waals surface area contributed by atoms with Crippen molar-refractivity contribution in [2.24, 2.45) is 0 Å². The predicted octanol–water partition coefficient (Wildman–Crippen LogP) is 0.915. The van der Waals surface area contributed by atoms with Crippen molar-refractivity contribution < 1.29 is 10.2 Å². The van der Waals surface area contributed by atoms with Gasteiger partial charge in [0, 0.05) is 144 Å². The summed E-state index contributed by atoms with van der Waals surface area (Å²) in [5, 5.41) is 22.8. The van der Waals surface area contributed by atoms with Crippen LogP contribution in [0.2, 0.25) is 0 Å². The summed E-state index contributed by atoms with van der Waals surface area (Å²) in [4.78, 5) is 25.3. The van der Waals surface area contributed by atoms with Gasteiger partial charge in [0.15, 0.2) is 0 Å². The number of aliphatic hydroxyl groups excluding tert-OH is 2. The number of nitrogens with zero attached hydrogens (tertiary/aromatic N) is 10. The van der Waals surface area contributed by atoms with Crippen LogP contribution in [0.4, 0.5) is 0 Å². The van der Waals surface area contributed by atoms with Gasteiger partial charge in [-0.3, -0.25) is 19.6 Å². The molecule has 2 unspecified atom stereocenters. The van der Waals surface area contributed by atoms with Crippen molar-refractivity contribution >= 4 is 0 Å². The van der Waals surface area contributed by atoms with Gasteiger partial charge in [-0.1, -0.05) is 55.4 Å². The van der Waals surface area contributed by atoms with Crippen molar-refractivity contribution in [2.45, 2.75) is 67.6 Å². The maximum atomic E-state index is 11.4. The van der Waals surface area contributed by atoms with E-state index in [4.69, 9.17) is 0 Å². The summed E-state index contributed by atoms with van der Waals surface area (Å²) in [6.45, 7) is 48.3. The highest BCUT2D eigenvalue weighted by molar-refractivity contribution is 4.77. The molecule has 52 heavy (non-hydrogen) atoms. The number of likely N-dealkylation sites (N-methyl/N-ethyl adjacent to an activating group) is 8. The highest BCUT2D eigenvalue weighted by Crippen LogP contribution is 2.06. The standard InChI is InChI=1S/C40H88N10O2/c1-9-41-17-21-43(11-3)25-31-49(32-26-44(12-4)22-18-41)37-39(51)35-47(15-7)29-30-48(16-8)36-40(52)38-50-33-27-45(13-5)23-19-42(10-2)20-24-46(14-6)28-34-50/h39-40,51-52H,9-38H2,1-8H3. The molecular weight excluding hydrogens is 653 g/mol. The van der Waals surface area contributed by atoms with Gasteiger partial charge in [0.05, 0.1) is 12.2 Å². The molecule has 12 heteroatoms. The Hall–Kier alpha value is -0.480. The first-order chi connectivity index (χ1) is 25.2. The summed E-state index contributed by atoms with van der Waals surface area (Å²) >= 11 is 0. The largest absolute Gasteiger partial charge is 0.390 e. The fourth-order valence-corrected chi connectivity index (χ4v) is 7.77. The molecular formula is C40H88N10O2. The molecule has 0 aliphatic carbocycles. The second-order valence-electron chi connectivity index (χ2n) is 15.3. The van der Waals surface area contributed by atoms with Crippen molar-refractivity contribution in [1.29, 1.82) is 0 Å². The number of β-amino-alcohol motifs (C(OH)–C–C–N with tert-alkyl or cyclic N) is 2. The zero-order chi connectivity index (χ0) is 38.1. The first kappa shape index (κ1) is 47.7. The average molecular weight is 741 g/mol. The molecule has 0 bridgehead atoms. The molecule has 0 aromatic heterocycles. The summed E-state index contributed by atoms with van der Waals surface area (Å²) in [7, 11) is 0. The van der Waals surface area contributed by atoms with E-state index in [0.29, 0.717) is 13.1 Å². The smallest absolute Gasteiger partial charge is 0.0793 e. The van der Waals surface area contributed by atoms with E-state index in [1.54, 1.807) is 0 Å². The average Bonchev–Trinajstić information content (AvgIpc) is 3.15. The van der Waals surface area contributed by atoms with Crippen LogP contribution in [0.3, 0.4) is 0 Å². The summed E-state index contributed by atoms with van der Waals surface area (Å²) < 4.78 is 0. The molecule has 0 spiro atoms. The van der Waals surface area contributed by atoms with Crippen molar-refractivity contribution in [3.8, 4) is 0 Å². The molecule has 2 aliphatic heterocycles. The van der Waals surface area contributed by atoms with E-state index in [0.717, 1.165) is 183 Å². The van der Waals surface area contributed by atoms with Crippen LogP contribution in [0, 0.1) is 0 Å². The predicted molar refractivity (Wildman–Crippen MR) is 222 cm³/mol. The fourth-order valence-electron chi connectivity index (χ4n) is 7.77. The Balaban J connectivity index is 1.90. The van der Waals surface area contributed by atoms with E-state index < -0.39 is 0 Å². The van der Waals surface area contributed by atoms with E-state index in [-0.39, 0.29) is 12.2 Å². The summed E-state index contributed by atoms with van der Waals surface area (Å²) in [6, 6.07) is 0. The van der Waals surface area contributed by atoms with Crippen LogP contribution in [0.15, 0.2) is 0 Å². The Morgan fingerprint density at radius 3 is 0.712 bits per heavy atom. The molecule has 0 amide bonds. The SMILES string of the molecule is CCN1CCN(CC)CCN(CC(O)CN(CC)CCN(CC)CC(O)CN2CCN(CC)CCN(CC)CCN(CC)CC2)CCN(CC)CC1. The number of aliphatic hydroxyl groups is 2. The summed E-state index contributed by atoms with van der Waals surface area (Å²) in [5.41, 5.74) is 0. The van der Waals surface area contributed by atoms with Crippen molar-refractivity contribution in [3.05, 3.63) is 0 Å². The van der Waals surface area contributed by atoms with E-state index >= 15 is 0 Å². The lowest BCUT2D eigenvalue weighted by atomic mass is 10.2. The quantitative estimate of drug-likeness (QED) is 0.198. The van der Waals surface area contributed by atoms with Gasteiger partial charge in [-0.2, -0.15) is 0 Å². The molecule has 2 heterocycles. The van der Waals surface area contributed by atoms with Crippen molar-refractivity contribution in [3.63, 3.8) is 0 Å².